The van der Waals surface area contributed by atoms with Crippen molar-refractivity contribution in [3.05, 3.63) is 71.2 Å². The van der Waals surface area contributed by atoms with Crippen LogP contribution in [0, 0.1) is 6.92 Å². The van der Waals surface area contributed by atoms with E-state index in [2.05, 4.69) is 25.9 Å². The molecule has 1 amide bonds. The highest BCUT2D eigenvalue weighted by Gasteiger charge is 2.09. The Balaban J connectivity index is 1.31. The molecule has 7 nitrogen and oxygen atoms in total. The lowest BCUT2D eigenvalue weighted by Crippen LogP contribution is -2.28. The maximum absolute atomic E-state index is 12.4. The van der Waals surface area contributed by atoms with Crippen molar-refractivity contribution in [1.29, 1.82) is 0 Å². The summed E-state index contributed by atoms with van der Waals surface area (Å²) < 4.78 is 6.29. The molecule has 0 bridgehead atoms. The summed E-state index contributed by atoms with van der Waals surface area (Å²) in [5.41, 5.74) is 1.74. The van der Waals surface area contributed by atoms with Gasteiger partial charge >= 0.3 is 0 Å². The van der Waals surface area contributed by atoms with Crippen LogP contribution in [0.5, 0.6) is 5.75 Å². The summed E-state index contributed by atoms with van der Waals surface area (Å²) in [5.74, 6) is 1.92. The number of hydrogen-bond acceptors (Lipinski definition) is 7. The van der Waals surface area contributed by atoms with E-state index < -0.39 is 0 Å². The molecule has 3 N–H and O–H groups in total. The van der Waals surface area contributed by atoms with E-state index in [1.807, 2.05) is 67.6 Å². The Morgan fingerprint density at radius 1 is 1.03 bits per heavy atom. The first-order valence-electron chi connectivity index (χ1n) is 9.88. The van der Waals surface area contributed by atoms with E-state index in [-0.39, 0.29) is 5.91 Å². The van der Waals surface area contributed by atoms with Crippen molar-refractivity contribution in [3.63, 3.8) is 0 Å². The number of hydrogen-bond donors (Lipinski definition) is 3. The van der Waals surface area contributed by atoms with Crippen LogP contribution in [0.4, 0.5) is 17.5 Å². The Hall–Kier alpha value is -3.65. The van der Waals surface area contributed by atoms with Gasteiger partial charge in [0.1, 0.15) is 11.6 Å². The van der Waals surface area contributed by atoms with E-state index in [1.165, 1.54) is 11.3 Å². The molecule has 0 atom stereocenters. The summed E-state index contributed by atoms with van der Waals surface area (Å²) in [6.45, 7) is 2.89. The zero-order valence-corrected chi connectivity index (χ0v) is 18.1. The van der Waals surface area contributed by atoms with E-state index in [0.717, 1.165) is 27.2 Å². The SMILES string of the molecule is COc1ccc(Nc2cc(C)nc(NCCNC(=O)c3cc4ccccc4s3)n2)cc1. The zero-order chi connectivity index (χ0) is 21.6. The standard InChI is InChI=1S/C23H23N5O2S/c1-15-13-21(27-17-7-9-18(30-2)10-8-17)28-23(26-15)25-12-11-24-22(29)20-14-16-5-3-4-6-19(16)31-20/h3-10,13-14H,11-12H2,1-2H3,(H,24,29)(H2,25,26,27,28). The molecule has 2 aromatic heterocycles. The van der Waals surface area contributed by atoms with Crippen molar-refractivity contribution >= 4 is 44.8 Å². The molecule has 0 spiro atoms. The first-order chi connectivity index (χ1) is 15.1. The summed E-state index contributed by atoms with van der Waals surface area (Å²) in [6.07, 6.45) is 0. The summed E-state index contributed by atoms with van der Waals surface area (Å²) >= 11 is 1.49. The van der Waals surface area contributed by atoms with Gasteiger partial charge in [0, 0.05) is 35.2 Å². The molecule has 2 aromatic carbocycles. The van der Waals surface area contributed by atoms with Crippen LogP contribution < -0.4 is 20.7 Å². The van der Waals surface area contributed by atoms with Gasteiger partial charge in [0.05, 0.1) is 12.0 Å². The number of nitrogens with one attached hydrogen (secondary N) is 3. The molecule has 8 heteroatoms. The number of aromatic nitrogens is 2. The molecular weight excluding hydrogens is 410 g/mol. The van der Waals surface area contributed by atoms with Crippen molar-refractivity contribution < 1.29 is 9.53 Å². The van der Waals surface area contributed by atoms with Crippen LogP contribution in [0.25, 0.3) is 10.1 Å². The first-order valence-corrected chi connectivity index (χ1v) is 10.7. The van der Waals surface area contributed by atoms with Gasteiger partial charge in [-0.3, -0.25) is 4.79 Å². The summed E-state index contributed by atoms with van der Waals surface area (Å²) in [7, 11) is 1.64. The number of aryl methyl sites for hydroxylation is 1. The molecule has 4 aromatic rings. The van der Waals surface area contributed by atoms with Crippen LogP contribution in [0.2, 0.25) is 0 Å². The smallest absolute Gasteiger partial charge is 0.261 e. The average Bonchev–Trinajstić information content (AvgIpc) is 3.21. The van der Waals surface area contributed by atoms with Crippen LogP contribution in [0.3, 0.4) is 0 Å². The molecular formula is C23H23N5O2S. The van der Waals surface area contributed by atoms with E-state index in [1.54, 1.807) is 7.11 Å². The third kappa shape index (κ3) is 5.29. The summed E-state index contributed by atoms with van der Waals surface area (Å²) in [6, 6.07) is 19.4. The van der Waals surface area contributed by atoms with Crippen molar-refractivity contribution in [3.8, 4) is 5.75 Å². The summed E-state index contributed by atoms with van der Waals surface area (Å²) in [4.78, 5) is 22.0. The number of anilines is 3. The molecule has 2 heterocycles. The molecule has 31 heavy (non-hydrogen) atoms. The van der Waals surface area contributed by atoms with Crippen LogP contribution in [-0.4, -0.2) is 36.1 Å². The highest BCUT2D eigenvalue weighted by Crippen LogP contribution is 2.25. The maximum atomic E-state index is 12.4. The number of thiophene rings is 1. The normalized spacial score (nSPS) is 10.6. The van der Waals surface area contributed by atoms with Crippen molar-refractivity contribution in [2.75, 3.05) is 30.8 Å². The van der Waals surface area contributed by atoms with Crippen molar-refractivity contribution in [2.45, 2.75) is 6.92 Å². The Kier molecular flexibility index (Phi) is 6.28. The molecule has 0 aliphatic heterocycles. The predicted molar refractivity (Wildman–Crippen MR) is 126 cm³/mol. The first kappa shape index (κ1) is 20.6. The second-order valence-electron chi connectivity index (χ2n) is 6.90. The highest BCUT2D eigenvalue weighted by molar-refractivity contribution is 7.20. The van der Waals surface area contributed by atoms with Gasteiger partial charge in [0.25, 0.3) is 5.91 Å². The van der Waals surface area contributed by atoms with Gasteiger partial charge in [-0.05, 0) is 48.7 Å². The number of carbonyl (C=O) groups is 1. The van der Waals surface area contributed by atoms with Gasteiger partial charge in [-0.1, -0.05) is 18.2 Å². The molecule has 0 saturated carbocycles. The zero-order valence-electron chi connectivity index (χ0n) is 17.3. The Morgan fingerprint density at radius 3 is 2.61 bits per heavy atom. The number of nitrogens with zero attached hydrogens (tertiary/aromatic N) is 2. The number of amides is 1. The fraction of sp³-hybridized carbons (Fsp3) is 0.174. The monoisotopic (exact) mass is 433 g/mol. The highest BCUT2D eigenvalue weighted by atomic mass is 32.1. The average molecular weight is 434 g/mol. The number of rotatable bonds is 8. The van der Waals surface area contributed by atoms with Crippen LogP contribution in [0.1, 0.15) is 15.4 Å². The summed E-state index contributed by atoms with van der Waals surface area (Å²) in [5, 5.41) is 10.5. The van der Waals surface area contributed by atoms with Gasteiger partial charge in [0.2, 0.25) is 5.95 Å². The molecule has 0 aliphatic rings. The Bertz CT molecular complexity index is 1160. The van der Waals surface area contributed by atoms with Gasteiger partial charge in [0.15, 0.2) is 0 Å². The Morgan fingerprint density at radius 2 is 1.84 bits per heavy atom. The minimum atomic E-state index is -0.0741. The minimum absolute atomic E-state index is 0.0741. The molecule has 4 rings (SSSR count). The molecule has 0 unspecified atom stereocenters. The molecule has 0 radical (unpaired) electrons. The molecule has 0 aliphatic carbocycles. The lowest BCUT2D eigenvalue weighted by atomic mass is 10.2. The van der Waals surface area contributed by atoms with E-state index in [0.29, 0.717) is 29.7 Å². The quantitative estimate of drug-likeness (QED) is 0.352. The second-order valence-corrected chi connectivity index (χ2v) is 7.99. The lowest BCUT2D eigenvalue weighted by molar-refractivity contribution is 0.0959. The van der Waals surface area contributed by atoms with E-state index >= 15 is 0 Å². The second kappa shape index (κ2) is 9.44. The van der Waals surface area contributed by atoms with Crippen LogP contribution >= 0.6 is 11.3 Å². The maximum Gasteiger partial charge on any atom is 0.261 e. The predicted octanol–water partition coefficient (Wildman–Crippen LogP) is 4.59. The van der Waals surface area contributed by atoms with Crippen molar-refractivity contribution in [2.24, 2.45) is 0 Å². The van der Waals surface area contributed by atoms with E-state index in [4.69, 9.17) is 4.74 Å². The van der Waals surface area contributed by atoms with Gasteiger partial charge in [-0.15, -0.1) is 11.3 Å². The topological polar surface area (TPSA) is 88.2 Å². The largest absolute Gasteiger partial charge is 0.497 e. The van der Waals surface area contributed by atoms with Crippen LogP contribution in [0.15, 0.2) is 60.7 Å². The molecule has 0 saturated heterocycles. The number of fused-ring (bicyclic) bond motifs is 1. The fourth-order valence-corrected chi connectivity index (χ4v) is 4.04. The number of methoxy groups -OCH3 is 1. The number of benzene rings is 2. The third-order valence-corrected chi connectivity index (χ3v) is 5.67. The number of ether oxygens (including phenoxy) is 1. The molecule has 158 valence electrons. The number of carbonyl (C=O) groups excluding carboxylic acids is 1. The lowest BCUT2D eigenvalue weighted by Gasteiger charge is -2.11. The Labute approximate surface area is 184 Å². The van der Waals surface area contributed by atoms with Gasteiger partial charge in [-0.25, -0.2) is 4.98 Å². The van der Waals surface area contributed by atoms with E-state index in [9.17, 15) is 4.79 Å². The fourth-order valence-electron chi connectivity index (χ4n) is 3.07. The van der Waals surface area contributed by atoms with Gasteiger partial charge in [-0.2, -0.15) is 4.98 Å². The van der Waals surface area contributed by atoms with Crippen molar-refractivity contribution in [1.82, 2.24) is 15.3 Å². The molecule has 0 fully saturated rings. The van der Waals surface area contributed by atoms with Gasteiger partial charge < -0.3 is 20.7 Å². The third-order valence-electron chi connectivity index (χ3n) is 4.56. The van der Waals surface area contributed by atoms with Crippen LogP contribution in [-0.2, 0) is 0 Å². The minimum Gasteiger partial charge on any atom is -0.497 e.